The third kappa shape index (κ3) is 4.79. The Hall–Kier alpha value is -1.49. The molecule has 0 saturated carbocycles. The van der Waals surface area contributed by atoms with Gasteiger partial charge in [0.2, 0.25) is 0 Å². The summed E-state index contributed by atoms with van der Waals surface area (Å²) in [6, 6.07) is 6.87. The van der Waals surface area contributed by atoms with Crippen molar-refractivity contribution in [3.63, 3.8) is 0 Å². The third-order valence-electron chi connectivity index (χ3n) is 2.14. The molecule has 0 aliphatic carbocycles. The maximum Gasteiger partial charge on any atom is 0.372 e. The molecule has 0 aromatic heterocycles. The second kappa shape index (κ2) is 7.06. The molecule has 0 heterocycles. The molecule has 0 radical (unpaired) electrons. The van der Waals surface area contributed by atoms with Crippen molar-refractivity contribution in [2.24, 2.45) is 5.92 Å². The molecule has 0 atom stereocenters. The van der Waals surface area contributed by atoms with Gasteiger partial charge in [-0.05, 0) is 35.7 Å². The Morgan fingerprint density at radius 2 is 1.83 bits per heavy atom. The quantitative estimate of drug-likeness (QED) is 0.785. The van der Waals surface area contributed by atoms with E-state index in [2.05, 4.69) is 0 Å². The second-order valence-electron chi connectivity index (χ2n) is 3.96. The Labute approximate surface area is 111 Å². The van der Waals surface area contributed by atoms with Gasteiger partial charge in [0.1, 0.15) is 12.4 Å². The van der Waals surface area contributed by atoms with Crippen LogP contribution in [0.25, 0.3) is 0 Å². The highest BCUT2D eigenvalue weighted by molar-refractivity contribution is 8.12. The molecule has 1 aromatic carbocycles. The van der Waals surface area contributed by atoms with Crippen LogP contribution in [0.2, 0.25) is 0 Å². The zero-order valence-corrected chi connectivity index (χ0v) is 11.5. The van der Waals surface area contributed by atoms with Crippen molar-refractivity contribution in [2.45, 2.75) is 20.5 Å². The van der Waals surface area contributed by atoms with Crippen molar-refractivity contribution < 1.29 is 19.1 Å². The maximum absolute atomic E-state index is 11.3. The molecule has 0 N–H and O–H groups in total. The minimum atomic E-state index is -0.353. The Bertz CT molecular complexity index is 412. The minimum Gasteiger partial charge on any atom is -0.461 e. The molecule has 1 aromatic rings. The van der Waals surface area contributed by atoms with Crippen molar-refractivity contribution in [2.75, 3.05) is 6.26 Å². The van der Waals surface area contributed by atoms with Crippen LogP contribution in [0.4, 0.5) is 4.79 Å². The summed E-state index contributed by atoms with van der Waals surface area (Å²) in [5.41, 5.74) is 0.855. The molecule has 98 valence electrons. The smallest absolute Gasteiger partial charge is 0.372 e. The monoisotopic (exact) mass is 268 g/mol. The SMILES string of the molecule is CSC(=O)Oc1ccc(COC(=O)C(C)C)cc1. The summed E-state index contributed by atoms with van der Waals surface area (Å²) in [5.74, 6) is 0.119. The van der Waals surface area contributed by atoms with Gasteiger partial charge < -0.3 is 9.47 Å². The largest absolute Gasteiger partial charge is 0.461 e. The normalized spacial score (nSPS) is 10.2. The number of benzene rings is 1. The van der Waals surface area contributed by atoms with Gasteiger partial charge in [0.25, 0.3) is 0 Å². The topological polar surface area (TPSA) is 52.6 Å². The molecule has 0 aliphatic heterocycles. The molecule has 0 saturated heterocycles. The highest BCUT2D eigenvalue weighted by Crippen LogP contribution is 2.15. The van der Waals surface area contributed by atoms with Gasteiger partial charge in [0, 0.05) is 0 Å². The van der Waals surface area contributed by atoms with E-state index in [9.17, 15) is 9.59 Å². The van der Waals surface area contributed by atoms with Crippen LogP contribution < -0.4 is 4.74 Å². The van der Waals surface area contributed by atoms with Crippen LogP contribution >= 0.6 is 11.8 Å². The van der Waals surface area contributed by atoms with Crippen molar-refractivity contribution in [3.8, 4) is 5.75 Å². The third-order valence-corrected chi connectivity index (χ3v) is 2.56. The number of ether oxygens (including phenoxy) is 2. The van der Waals surface area contributed by atoms with Gasteiger partial charge in [-0.2, -0.15) is 0 Å². The van der Waals surface area contributed by atoms with E-state index in [4.69, 9.17) is 9.47 Å². The number of carbonyl (C=O) groups excluding carboxylic acids is 2. The molecule has 5 heteroatoms. The lowest BCUT2D eigenvalue weighted by atomic mass is 10.2. The average molecular weight is 268 g/mol. The summed E-state index contributed by atoms with van der Waals surface area (Å²) in [5, 5.41) is -0.353. The van der Waals surface area contributed by atoms with Gasteiger partial charge in [-0.15, -0.1) is 0 Å². The summed E-state index contributed by atoms with van der Waals surface area (Å²) in [4.78, 5) is 22.3. The lowest BCUT2D eigenvalue weighted by molar-refractivity contribution is -0.148. The van der Waals surface area contributed by atoms with Crippen molar-refractivity contribution in [1.82, 2.24) is 0 Å². The van der Waals surface area contributed by atoms with Crippen molar-refractivity contribution in [1.29, 1.82) is 0 Å². The lowest BCUT2D eigenvalue weighted by Gasteiger charge is -2.07. The molecule has 0 aliphatic rings. The molecule has 0 unspecified atom stereocenters. The van der Waals surface area contributed by atoms with E-state index in [-0.39, 0.29) is 23.8 Å². The first-order valence-electron chi connectivity index (χ1n) is 5.54. The molecule has 0 spiro atoms. The highest BCUT2D eigenvalue weighted by atomic mass is 32.2. The van der Waals surface area contributed by atoms with Crippen LogP contribution in [-0.2, 0) is 16.1 Å². The number of hydrogen-bond acceptors (Lipinski definition) is 5. The van der Waals surface area contributed by atoms with E-state index in [1.807, 2.05) is 0 Å². The summed E-state index contributed by atoms with van der Waals surface area (Å²) in [6.07, 6.45) is 1.65. The summed E-state index contributed by atoms with van der Waals surface area (Å²) in [7, 11) is 0. The van der Waals surface area contributed by atoms with Crippen LogP contribution in [0.1, 0.15) is 19.4 Å². The van der Waals surface area contributed by atoms with Crippen LogP contribution in [0.15, 0.2) is 24.3 Å². The molecular formula is C13H16O4S. The fourth-order valence-electron chi connectivity index (χ4n) is 1.11. The molecule has 1 rings (SSSR count). The Morgan fingerprint density at radius 1 is 1.22 bits per heavy atom. The second-order valence-corrected chi connectivity index (χ2v) is 4.70. The lowest BCUT2D eigenvalue weighted by Crippen LogP contribution is -2.11. The van der Waals surface area contributed by atoms with E-state index in [1.54, 1.807) is 44.4 Å². The molecule has 18 heavy (non-hydrogen) atoms. The van der Waals surface area contributed by atoms with E-state index >= 15 is 0 Å². The first-order chi connectivity index (χ1) is 8.52. The van der Waals surface area contributed by atoms with Gasteiger partial charge in [0.15, 0.2) is 0 Å². The Kier molecular flexibility index (Phi) is 5.71. The standard InChI is InChI=1S/C13H16O4S/c1-9(2)12(14)16-8-10-4-6-11(7-5-10)17-13(15)18-3/h4-7,9H,8H2,1-3H3. The summed E-state index contributed by atoms with van der Waals surface area (Å²) < 4.78 is 10.1. The number of carbonyl (C=O) groups is 2. The van der Waals surface area contributed by atoms with E-state index < -0.39 is 0 Å². The molecule has 0 bridgehead atoms. The van der Waals surface area contributed by atoms with Crippen LogP contribution in [-0.4, -0.2) is 17.5 Å². The number of thioether (sulfide) groups is 1. The van der Waals surface area contributed by atoms with Gasteiger partial charge in [-0.1, -0.05) is 26.0 Å². The van der Waals surface area contributed by atoms with E-state index in [1.165, 1.54) is 0 Å². The van der Waals surface area contributed by atoms with Gasteiger partial charge in [0.05, 0.1) is 5.92 Å². The molecule has 4 nitrogen and oxygen atoms in total. The Morgan fingerprint density at radius 3 is 2.33 bits per heavy atom. The first kappa shape index (κ1) is 14.6. The minimum absolute atomic E-state index is 0.133. The predicted molar refractivity (Wildman–Crippen MR) is 70.6 cm³/mol. The number of rotatable bonds is 4. The molecule has 0 amide bonds. The zero-order chi connectivity index (χ0) is 13.5. The predicted octanol–water partition coefficient (Wildman–Crippen LogP) is 3.25. The van der Waals surface area contributed by atoms with Gasteiger partial charge in [-0.3, -0.25) is 4.79 Å². The van der Waals surface area contributed by atoms with Gasteiger partial charge in [-0.25, -0.2) is 4.79 Å². The fourth-order valence-corrected chi connectivity index (χ4v) is 1.29. The maximum atomic E-state index is 11.3. The number of esters is 1. The summed E-state index contributed by atoms with van der Waals surface area (Å²) >= 11 is 1.01. The van der Waals surface area contributed by atoms with Crippen LogP contribution in [0.5, 0.6) is 5.75 Å². The molecule has 0 fully saturated rings. The number of hydrogen-bond donors (Lipinski definition) is 0. The molecular weight excluding hydrogens is 252 g/mol. The zero-order valence-electron chi connectivity index (χ0n) is 10.6. The van der Waals surface area contributed by atoms with Crippen molar-refractivity contribution >= 4 is 23.0 Å². The average Bonchev–Trinajstić information content (AvgIpc) is 2.37. The van der Waals surface area contributed by atoms with E-state index in [0.717, 1.165) is 17.3 Å². The van der Waals surface area contributed by atoms with Crippen LogP contribution in [0.3, 0.4) is 0 Å². The van der Waals surface area contributed by atoms with Gasteiger partial charge >= 0.3 is 11.3 Å². The van der Waals surface area contributed by atoms with Crippen molar-refractivity contribution in [3.05, 3.63) is 29.8 Å². The van der Waals surface area contributed by atoms with Crippen LogP contribution in [0, 0.1) is 5.92 Å². The Balaban J connectivity index is 2.50. The summed E-state index contributed by atoms with van der Waals surface area (Å²) in [6.45, 7) is 3.80. The fraction of sp³-hybridized carbons (Fsp3) is 0.385. The first-order valence-corrected chi connectivity index (χ1v) is 6.76. The van der Waals surface area contributed by atoms with E-state index in [0.29, 0.717) is 5.75 Å². The highest BCUT2D eigenvalue weighted by Gasteiger charge is 2.08.